The highest BCUT2D eigenvalue weighted by molar-refractivity contribution is 5.17. The molecule has 0 atom stereocenters. The van der Waals surface area contributed by atoms with Gasteiger partial charge in [0.05, 0.1) is 6.33 Å². The monoisotopic (exact) mass is 352 g/mol. The Balaban J connectivity index is 1.54. The van der Waals surface area contributed by atoms with E-state index >= 15 is 0 Å². The molecule has 1 aliphatic rings. The summed E-state index contributed by atoms with van der Waals surface area (Å²) in [5.41, 5.74) is 0.906. The van der Waals surface area contributed by atoms with E-state index in [1.165, 1.54) is 63.5 Å². The number of allylic oxidation sites excluding steroid dienone is 1. The van der Waals surface area contributed by atoms with Crippen LogP contribution in [0.5, 0.6) is 0 Å². The van der Waals surface area contributed by atoms with Crippen LogP contribution in [-0.2, 0) is 6.42 Å². The largest absolute Gasteiger partial charge is 0.216 e. The lowest BCUT2D eigenvalue weighted by Crippen LogP contribution is -2.15. The van der Waals surface area contributed by atoms with Gasteiger partial charge in [0.1, 0.15) is 0 Å². The van der Waals surface area contributed by atoms with E-state index in [2.05, 4.69) is 0 Å². The van der Waals surface area contributed by atoms with Gasteiger partial charge in [-0.2, -0.15) is 0 Å². The minimum atomic E-state index is -0.761. The third-order valence-corrected chi connectivity index (χ3v) is 5.61. The van der Waals surface area contributed by atoms with Crippen LogP contribution in [0.1, 0.15) is 76.2 Å². The van der Waals surface area contributed by atoms with E-state index in [4.69, 9.17) is 0 Å². The summed E-state index contributed by atoms with van der Waals surface area (Å²) >= 11 is 0. The number of rotatable bonds is 10. The molecule has 0 amide bonds. The number of unbranched alkanes of at least 4 members (excludes halogenated alkanes) is 4. The second-order valence-electron chi connectivity index (χ2n) is 7.53. The van der Waals surface area contributed by atoms with E-state index in [9.17, 15) is 13.2 Å². The second-order valence-corrected chi connectivity index (χ2v) is 7.53. The summed E-state index contributed by atoms with van der Waals surface area (Å²) in [4.78, 5) is 0. The molecule has 1 aliphatic carbocycles. The summed E-state index contributed by atoms with van der Waals surface area (Å²) in [7, 11) is 0. The van der Waals surface area contributed by atoms with E-state index in [0.717, 1.165) is 43.1 Å². The Morgan fingerprint density at radius 2 is 1.52 bits per heavy atom. The number of benzene rings is 1. The average Bonchev–Trinajstić information content (AvgIpc) is 2.63. The topological polar surface area (TPSA) is 0 Å². The number of hydrogen-bond donors (Lipinski definition) is 0. The molecule has 0 unspecified atom stereocenters. The summed E-state index contributed by atoms with van der Waals surface area (Å²) in [6.45, 7) is 0. The smallest absolute Gasteiger partial charge is 0.159 e. The average molecular weight is 352 g/mol. The zero-order valence-electron chi connectivity index (χ0n) is 15.2. The predicted octanol–water partition coefficient (Wildman–Crippen LogP) is 7.53. The fourth-order valence-corrected chi connectivity index (χ4v) is 3.99. The summed E-state index contributed by atoms with van der Waals surface area (Å²) < 4.78 is 38.0. The van der Waals surface area contributed by atoms with Gasteiger partial charge in [-0.15, -0.1) is 0 Å². The number of hydrogen-bond acceptors (Lipinski definition) is 0. The quantitative estimate of drug-likeness (QED) is 0.382. The van der Waals surface area contributed by atoms with Gasteiger partial charge in [0.2, 0.25) is 0 Å². The van der Waals surface area contributed by atoms with Crippen molar-refractivity contribution in [2.75, 3.05) is 0 Å². The molecule has 140 valence electrons. The maximum atomic E-state index is 13.2. The van der Waals surface area contributed by atoms with Gasteiger partial charge in [-0.3, -0.25) is 0 Å². The highest BCUT2D eigenvalue weighted by Crippen LogP contribution is 2.34. The van der Waals surface area contributed by atoms with Crippen molar-refractivity contribution in [3.05, 3.63) is 47.8 Å². The highest BCUT2D eigenvalue weighted by atomic mass is 19.2. The van der Waals surface area contributed by atoms with Gasteiger partial charge in [-0.1, -0.05) is 63.5 Å². The van der Waals surface area contributed by atoms with E-state index in [1.807, 2.05) is 0 Å². The van der Waals surface area contributed by atoms with Crippen LogP contribution in [0.2, 0.25) is 0 Å². The van der Waals surface area contributed by atoms with Crippen molar-refractivity contribution in [2.24, 2.45) is 11.8 Å². The summed E-state index contributed by atoms with van der Waals surface area (Å²) in [5.74, 6) is 0.104. The molecular formula is C22H31F3. The van der Waals surface area contributed by atoms with Crippen molar-refractivity contribution in [3.63, 3.8) is 0 Å². The van der Waals surface area contributed by atoms with Crippen molar-refractivity contribution in [1.82, 2.24) is 0 Å². The number of aryl methyl sites for hydroxylation is 1. The van der Waals surface area contributed by atoms with Crippen LogP contribution in [-0.4, -0.2) is 0 Å². The third-order valence-electron chi connectivity index (χ3n) is 5.61. The molecule has 25 heavy (non-hydrogen) atoms. The molecule has 0 N–H and O–H groups in total. The molecule has 0 nitrogen and oxygen atoms in total. The molecule has 0 spiro atoms. The molecule has 0 aromatic heterocycles. The Kier molecular flexibility index (Phi) is 9.14. The molecule has 2 rings (SSSR count). The SMILES string of the molecule is F/C=C/CCCCCCC1CCC(CCc2ccc(F)c(F)c2)CC1. The van der Waals surface area contributed by atoms with Crippen molar-refractivity contribution < 1.29 is 13.2 Å². The molecule has 0 bridgehead atoms. The van der Waals surface area contributed by atoms with Crippen LogP contribution in [0.15, 0.2) is 30.6 Å². The first-order chi connectivity index (χ1) is 12.2. The van der Waals surface area contributed by atoms with Gasteiger partial charge in [0.15, 0.2) is 11.6 Å². The lowest BCUT2D eigenvalue weighted by molar-refractivity contribution is 0.248. The van der Waals surface area contributed by atoms with E-state index in [0.29, 0.717) is 6.33 Å². The molecule has 3 heteroatoms. The molecule has 0 heterocycles. The van der Waals surface area contributed by atoms with Crippen LogP contribution >= 0.6 is 0 Å². The van der Waals surface area contributed by atoms with Gasteiger partial charge < -0.3 is 0 Å². The van der Waals surface area contributed by atoms with Crippen LogP contribution in [0.4, 0.5) is 13.2 Å². The van der Waals surface area contributed by atoms with Gasteiger partial charge in [0, 0.05) is 0 Å². The highest BCUT2D eigenvalue weighted by Gasteiger charge is 2.20. The molecular weight excluding hydrogens is 321 g/mol. The molecule has 1 fully saturated rings. The predicted molar refractivity (Wildman–Crippen MR) is 98.1 cm³/mol. The normalized spacial score (nSPS) is 21.1. The van der Waals surface area contributed by atoms with Crippen LogP contribution < -0.4 is 0 Å². The van der Waals surface area contributed by atoms with Crippen molar-refractivity contribution in [2.45, 2.75) is 77.0 Å². The first-order valence-corrected chi connectivity index (χ1v) is 9.88. The third kappa shape index (κ3) is 7.66. The van der Waals surface area contributed by atoms with Gasteiger partial charge >= 0.3 is 0 Å². The first-order valence-electron chi connectivity index (χ1n) is 9.88. The molecule has 1 aromatic carbocycles. The minimum Gasteiger partial charge on any atom is -0.216 e. The van der Waals surface area contributed by atoms with E-state index < -0.39 is 11.6 Å². The molecule has 0 saturated heterocycles. The maximum absolute atomic E-state index is 13.2. The van der Waals surface area contributed by atoms with Gasteiger partial charge in [-0.05, 0) is 55.2 Å². The Hall–Kier alpha value is -1.25. The zero-order chi connectivity index (χ0) is 17.9. The molecule has 0 radical (unpaired) electrons. The lowest BCUT2D eigenvalue weighted by atomic mass is 9.77. The summed E-state index contributed by atoms with van der Waals surface area (Å²) in [6.07, 6.45) is 16.4. The van der Waals surface area contributed by atoms with Gasteiger partial charge in [0.25, 0.3) is 0 Å². The van der Waals surface area contributed by atoms with Crippen LogP contribution in [0, 0.1) is 23.5 Å². The number of halogens is 3. The van der Waals surface area contributed by atoms with E-state index in [-0.39, 0.29) is 0 Å². The standard InChI is InChI=1S/C22H31F3/c23-16-6-4-2-1-3-5-7-18-8-10-19(11-9-18)12-13-20-14-15-21(24)22(25)17-20/h6,14-19H,1-5,7-13H2/b16-6+. The van der Waals surface area contributed by atoms with Gasteiger partial charge in [-0.25, -0.2) is 13.2 Å². The second kappa shape index (κ2) is 11.4. The Bertz CT molecular complexity index is 516. The summed E-state index contributed by atoms with van der Waals surface area (Å²) in [6, 6.07) is 4.27. The minimum absolute atomic E-state index is 0.644. The van der Waals surface area contributed by atoms with Crippen LogP contribution in [0.25, 0.3) is 0 Å². The first kappa shape index (κ1) is 20.1. The van der Waals surface area contributed by atoms with E-state index in [1.54, 1.807) is 12.1 Å². The van der Waals surface area contributed by atoms with Crippen LogP contribution in [0.3, 0.4) is 0 Å². The molecule has 0 aliphatic heterocycles. The Morgan fingerprint density at radius 1 is 0.840 bits per heavy atom. The maximum Gasteiger partial charge on any atom is 0.159 e. The molecule has 1 aromatic rings. The lowest BCUT2D eigenvalue weighted by Gasteiger charge is -2.28. The van der Waals surface area contributed by atoms with Crippen molar-refractivity contribution in [3.8, 4) is 0 Å². The molecule has 1 saturated carbocycles. The summed E-state index contributed by atoms with van der Waals surface area (Å²) in [5, 5.41) is 0. The fourth-order valence-electron chi connectivity index (χ4n) is 3.99. The van der Waals surface area contributed by atoms with Crippen molar-refractivity contribution >= 4 is 0 Å². The zero-order valence-corrected chi connectivity index (χ0v) is 15.2. The Morgan fingerprint density at radius 3 is 2.20 bits per heavy atom. The fraction of sp³-hybridized carbons (Fsp3) is 0.636. The Labute approximate surface area is 150 Å². The van der Waals surface area contributed by atoms with Crippen molar-refractivity contribution in [1.29, 1.82) is 0 Å².